The van der Waals surface area contributed by atoms with E-state index in [1.807, 2.05) is 11.3 Å². The molecule has 1 saturated carbocycles. The van der Waals surface area contributed by atoms with Crippen molar-refractivity contribution in [2.75, 3.05) is 31.1 Å². The Hall–Kier alpha value is -0.610. The topological polar surface area (TPSA) is 28.2 Å². The fourth-order valence-corrected chi connectivity index (χ4v) is 3.65. The Bertz CT molecular complexity index is 338. The van der Waals surface area contributed by atoms with E-state index in [1.165, 1.54) is 36.5 Å². The molecule has 2 aliphatic rings. The Morgan fingerprint density at radius 2 is 2.00 bits per heavy atom. The van der Waals surface area contributed by atoms with E-state index in [0.717, 1.165) is 32.1 Å². The average molecular weight is 237 g/mol. The predicted octanol–water partition coefficient (Wildman–Crippen LogP) is 2.21. The molecule has 88 valence electrons. The van der Waals surface area contributed by atoms with Gasteiger partial charge in [0.05, 0.1) is 5.69 Å². The van der Waals surface area contributed by atoms with Crippen LogP contribution in [0.4, 0.5) is 5.13 Å². The maximum atomic E-state index is 4.83. The first-order chi connectivity index (χ1) is 7.93. The number of nitrogens with one attached hydrogen (secondary N) is 1. The molecule has 1 aliphatic carbocycles. The number of hydrogen-bond acceptors (Lipinski definition) is 4. The zero-order chi connectivity index (χ0) is 10.8. The van der Waals surface area contributed by atoms with Crippen LogP contribution in [0.1, 0.15) is 37.3 Å². The number of rotatable bonds is 2. The molecular weight excluding hydrogens is 218 g/mol. The average Bonchev–Trinajstić information content (AvgIpc) is 3.01. The van der Waals surface area contributed by atoms with Crippen LogP contribution in [0.3, 0.4) is 0 Å². The Kier molecular flexibility index (Phi) is 3.11. The molecule has 1 saturated heterocycles. The van der Waals surface area contributed by atoms with Crippen molar-refractivity contribution in [1.82, 2.24) is 10.3 Å². The normalized spacial score (nSPS) is 22.9. The zero-order valence-electron chi connectivity index (χ0n) is 9.61. The Balaban J connectivity index is 1.71. The van der Waals surface area contributed by atoms with Crippen LogP contribution in [0.2, 0.25) is 0 Å². The molecule has 3 nitrogen and oxygen atoms in total. The highest BCUT2D eigenvalue weighted by atomic mass is 32.1. The Labute approximate surface area is 101 Å². The van der Waals surface area contributed by atoms with Crippen LogP contribution in [0.25, 0.3) is 0 Å². The maximum Gasteiger partial charge on any atom is 0.185 e. The first kappa shape index (κ1) is 10.5. The van der Waals surface area contributed by atoms with Crippen molar-refractivity contribution < 1.29 is 0 Å². The zero-order valence-corrected chi connectivity index (χ0v) is 10.4. The second-order valence-electron chi connectivity index (χ2n) is 4.77. The van der Waals surface area contributed by atoms with Gasteiger partial charge in [0.15, 0.2) is 5.13 Å². The third kappa shape index (κ3) is 2.09. The molecule has 0 radical (unpaired) electrons. The fraction of sp³-hybridized carbons (Fsp3) is 0.750. The highest BCUT2D eigenvalue weighted by Crippen LogP contribution is 2.36. The van der Waals surface area contributed by atoms with Gasteiger partial charge in [0.2, 0.25) is 0 Å². The Morgan fingerprint density at radius 3 is 2.75 bits per heavy atom. The molecule has 0 amide bonds. The number of aromatic nitrogens is 1. The molecule has 16 heavy (non-hydrogen) atoms. The second-order valence-corrected chi connectivity index (χ2v) is 5.61. The monoisotopic (exact) mass is 237 g/mol. The number of thiazole rings is 1. The molecule has 2 heterocycles. The van der Waals surface area contributed by atoms with Gasteiger partial charge in [0, 0.05) is 37.5 Å². The molecule has 2 fully saturated rings. The van der Waals surface area contributed by atoms with Crippen LogP contribution in [0.15, 0.2) is 5.38 Å². The summed E-state index contributed by atoms with van der Waals surface area (Å²) in [6.45, 7) is 4.41. The quantitative estimate of drug-likeness (QED) is 0.855. The predicted molar refractivity (Wildman–Crippen MR) is 68.4 cm³/mol. The second kappa shape index (κ2) is 4.72. The van der Waals surface area contributed by atoms with Gasteiger partial charge in [-0.2, -0.15) is 0 Å². The molecule has 1 aromatic heterocycles. The molecule has 0 atom stereocenters. The van der Waals surface area contributed by atoms with Gasteiger partial charge >= 0.3 is 0 Å². The molecule has 0 bridgehead atoms. The molecule has 0 aromatic carbocycles. The van der Waals surface area contributed by atoms with Gasteiger partial charge in [-0.1, -0.05) is 12.8 Å². The summed E-state index contributed by atoms with van der Waals surface area (Å²) < 4.78 is 0. The lowest BCUT2D eigenvalue weighted by atomic mass is 10.1. The summed E-state index contributed by atoms with van der Waals surface area (Å²) in [7, 11) is 0. The summed E-state index contributed by atoms with van der Waals surface area (Å²) in [5, 5.41) is 6.91. The SMILES string of the molecule is c1sc(N2CCNCC2)nc1C1CCCC1. The lowest BCUT2D eigenvalue weighted by Gasteiger charge is -2.26. The van der Waals surface area contributed by atoms with Gasteiger partial charge in [-0.25, -0.2) is 4.98 Å². The molecule has 0 unspecified atom stereocenters. The lowest BCUT2D eigenvalue weighted by Crippen LogP contribution is -2.43. The molecule has 1 N–H and O–H groups in total. The summed E-state index contributed by atoms with van der Waals surface area (Å²) >= 11 is 1.83. The summed E-state index contributed by atoms with van der Waals surface area (Å²) in [5.41, 5.74) is 1.36. The first-order valence-electron chi connectivity index (χ1n) is 6.34. The standard InChI is InChI=1S/C12H19N3S/c1-2-4-10(3-1)11-9-16-12(14-11)15-7-5-13-6-8-15/h9-10,13H,1-8H2. The van der Waals surface area contributed by atoms with Gasteiger partial charge in [-0.15, -0.1) is 11.3 Å². The molecule has 3 rings (SSSR count). The summed E-state index contributed by atoms with van der Waals surface area (Å²) in [5.74, 6) is 0.757. The van der Waals surface area contributed by atoms with E-state index >= 15 is 0 Å². The Morgan fingerprint density at radius 1 is 1.25 bits per heavy atom. The van der Waals surface area contributed by atoms with E-state index in [2.05, 4.69) is 15.6 Å². The van der Waals surface area contributed by atoms with Crippen molar-refractivity contribution in [1.29, 1.82) is 0 Å². The van der Waals surface area contributed by atoms with Crippen LogP contribution in [0, 0.1) is 0 Å². The minimum absolute atomic E-state index is 0.757. The van der Waals surface area contributed by atoms with Gasteiger partial charge < -0.3 is 10.2 Å². The third-order valence-electron chi connectivity index (χ3n) is 3.67. The van der Waals surface area contributed by atoms with Crippen LogP contribution in [-0.2, 0) is 0 Å². The van der Waals surface area contributed by atoms with Gasteiger partial charge in [-0.05, 0) is 12.8 Å². The molecule has 4 heteroatoms. The van der Waals surface area contributed by atoms with Gasteiger partial charge in [0.1, 0.15) is 0 Å². The number of hydrogen-bond donors (Lipinski definition) is 1. The first-order valence-corrected chi connectivity index (χ1v) is 7.22. The van der Waals surface area contributed by atoms with Crippen LogP contribution in [0.5, 0.6) is 0 Å². The summed E-state index contributed by atoms with van der Waals surface area (Å²) in [6.07, 6.45) is 5.49. The van der Waals surface area contributed by atoms with Crippen molar-refractivity contribution in [3.05, 3.63) is 11.1 Å². The molecule has 0 spiro atoms. The number of piperazine rings is 1. The minimum atomic E-state index is 0.757. The van der Waals surface area contributed by atoms with Crippen molar-refractivity contribution in [3.63, 3.8) is 0 Å². The van der Waals surface area contributed by atoms with E-state index in [-0.39, 0.29) is 0 Å². The van der Waals surface area contributed by atoms with Crippen molar-refractivity contribution in [3.8, 4) is 0 Å². The minimum Gasteiger partial charge on any atom is -0.346 e. The van der Waals surface area contributed by atoms with E-state index in [0.29, 0.717) is 0 Å². The highest BCUT2D eigenvalue weighted by Gasteiger charge is 2.21. The van der Waals surface area contributed by atoms with Crippen LogP contribution < -0.4 is 10.2 Å². The smallest absolute Gasteiger partial charge is 0.185 e. The van der Waals surface area contributed by atoms with Crippen LogP contribution in [-0.4, -0.2) is 31.2 Å². The molecular formula is C12H19N3S. The molecule has 1 aromatic rings. The van der Waals surface area contributed by atoms with E-state index in [4.69, 9.17) is 4.98 Å². The third-order valence-corrected chi connectivity index (χ3v) is 4.59. The van der Waals surface area contributed by atoms with E-state index in [9.17, 15) is 0 Å². The van der Waals surface area contributed by atoms with Crippen LogP contribution >= 0.6 is 11.3 Å². The highest BCUT2D eigenvalue weighted by molar-refractivity contribution is 7.13. The largest absolute Gasteiger partial charge is 0.346 e. The van der Waals surface area contributed by atoms with E-state index < -0.39 is 0 Å². The van der Waals surface area contributed by atoms with Gasteiger partial charge in [-0.3, -0.25) is 0 Å². The molecule has 1 aliphatic heterocycles. The number of nitrogens with zero attached hydrogens (tertiary/aromatic N) is 2. The van der Waals surface area contributed by atoms with Crippen molar-refractivity contribution in [2.24, 2.45) is 0 Å². The summed E-state index contributed by atoms with van der Waals surface area (Å²) in [4.78, 5) is 7.25. The van der Waals surface area contributed by atoms with Gasteiger partial charge in [0.25, 0.3) is 0 Å². The lowest BCUT2D eigenvalue weighted by molar-refractivity contribution is 0.586. The van der Waals surface area contributed by atoms with Crippen molar-refractivity contribution >= 4 is 16.5 Å². The number of anilines is 1. The maximum absolute atomic E-state index is 4.83. The summed E-state index contributed by atoms with van der Waals surface area (Å²) in [6, 6.07) is 0. The fourth-order valence-electron chi connectivity index (χ4n) is 2.69. The van der Waals surface area contributed by atoms with Crippen molar-refractivity contribution in [2.45, 2.75) is 31.6 Å². The van der Waals surface area contributed by atoms with E-state index in [1.54, 1.807) is 0 Å².